The fraction of sp³-hybridized carbons (Fsp3) is 0.467. The molecule has 2 heterocycles. The van der Waals surface area contributed by atoms with E-state index in [1.54, 1.807) is 25.2 Å². The van der Waals surface area contributed by atoms with Crippen LogP contribution in [0.2, 0.25) is 0 Å². The van der Waals surface area contributed by atoms with Gasteiger partial charge in [-0.2, -0.15) is 10.5 Å². The Labute approximate surface area is 222 Å². The highest BCUT2D eigenvalue weighted by Crippen LogP contribution is 2.37. The number of nitrogens with zero attached hydrogens (tertiary/aromatic N) is 6. The minimum atomic E-state index is -0.361. The molecule has 8 heteroatoms. The SMILES string of the molecule is Cc1cc(N(CC2CCC2)C2CCC(N(C)c3c(C#N)c(=O)n(C)c4ccc(C#N)nc34)CC2)ccc1F. The third-order valence-corrected chi connectivity index (χ3v) is 8.60. The van der Waals surface area contributed by atoms with Crippen molar-refractivity contribution in [3.05, 3.63) is 63.3 Å². The highest BCUT2D eigenvalue weighted by molar-refractivity contribution is 5.92. The number of aromatic nitrogens is 2. The summed E-state index contributed by atoms with van der Waals surface area (Å²) in [5.41, 5.74) is 3.31. The number of rotatable bonds is 6. The number of aryl methyl sites for hydroxylation is 2. The molecule has 0 aliphatic heterocycles. The van der Waals surface area contributed by atoms with Crippen LogP contribution in [0.1, 0.15) is 61.8 Å². The smallest absolute Gasteiger partial charge is 0.270 e. The molecule has 5 rings (SSSR count). The third-order valence-electron chi connectivity index (χ3n) is 8.60. The Morgan fingerprint density at radius 3 is 2.37 bits per heavy atom. The van der Waals surface area contributed by atoms with Crippen molar-refractivity contribution in [1.29, 1.82) is 10.5 Å². The van der Waals surface area contributed by atoms with Crippen molar-refractivity contribution in [3.8, 4) is 12.1 Å². The van der Waals surface area contributed by atoms with Gasteiger partial charge in [0.1, 0.15) is 34.7 Å². The first-order chi connectivity index (χ1) is 18.3. The van der Waals surface area contributed by atoms with E-state index in [4.69, 9.17) is 0 Å². The second-order valence-corrected chi connectivity index (χ2v) is 10.8. The summed E-state index contributed by atoms with van der Waals surface area (Å²) in [6, 6.07) is 13.4. The van der Waals surface area contributed by atoms with Crippen LogP contribution < -0.4 is 15.4 Å². The summed E-state index contributed by atoms with van der Waals surface area (Å²) in [4.78, 5) is 22.1. The lowest BCUT2D eigenvalue weighted by atomic mass is 9.83. The molecule has 0 radical (unpaired) electrons. The first kappa shape index (κ1) is 25.7. The number of halogens is 1. The lowest BCUT2D eigenvalue weighted by molar-refractivity contribution is 0.291. The fourth-order valence-electron chi connectivity index (χ4n) is 6.07. The van der Waals surface area contributed by atoms with Gasteiger partial charge in [0.05, 0.1) is 11.2 Å². The van der Waals surface area contributed by atoms with Gasteiger partial charge >= 0.3 is 0 Å². The Bertz CT molecular complexity index is 1500. The highest BCUT2D eigenvalue weighted by Gasteiger charge is 2.33. The van der Waals surface area contributed by atoms with E-state index >= 15 is 0 Å². The predicted molar refractivity (Wildman–Crippen MR) is 147 cm³/mol. The van der Waals surface area contributed by atoms with Crippen molar-refractivity contribution >= 4 is 22.4 Å². The first-order valence-electron chi connectivity index (χ1n) is 13.4. The zero-order valence-electron chi connectivity index (χ0n) is 22.2. The standard InChI is InChI=1S/C30H33FN6O/c1-19-15-24(12-13-26(19)31)37(18-20-5-4-6-20)23-10-8-22(9-11-23)35(2)29-25(17-33)30(38)36(3)27-14-7-21(16-32)34-28(27)29/h7,12-15,20,22-23H,4-6,8-11,18H2,1-3H3. The Morgan fingerprint density at radius 2 is 1.76 bits per heavy atom. The average Bonchev–Trinajstić information content (AvgIpc) is 2.91. The van der Waals surface area contributed by atoms with Crippen molar-refractivity contribution in [2.24, 2.45) is 13.0 Å². The van der Waals surface area contributed by atoms with Crippen molar-refractivity contribution in [1.82, 2.24) is 9.55 Å². The van der Waals surface area contributed by atoms with Crippen molar-refractivity contribution in [3.63, 3.8) is 0 Å². The first-order valence-corrected chi connectivity index (χ1v) is 13.4. The second-order valence-electron chi connectivity index (χ2n) is 10.8. The number of anilines is 2. The number of hydrogen-bond acceptors (Lipinski definition) is 6. The maximum Gasteiger partial charge on any atom is 0.270 e. The molecule has 0 N–H and O–H groups in total. The molecule has 1 aromatic carbocycles. The number of pyridine rings is 2. The van der Waals surface area contributed by atoms with Crippen LogP contribution in [0.15, 0.2) is 35.1 Å². The minimum Gasteiger partial charge on any atom is -0.369 e. The van der Waals surface area contributed by atoms with E-state index in [0.29, 0.717) is 34.2 Å². The highest BCUT2D eigenvalue weighted by atomic mass is 19.1. The molecule has 0 unspecified atom stereocenters. The van der Waals surface area contributed by atoms with Crippen molar-refractivity contribution in [2.75, 3.05) is 23.4 Å². The molecule has 38 heavy (non-hydrogen) atoms. The van der Waals surface area contributed by atoms with Crippen LogP contribution in [0.5, 0.6) is 0 Å². The molecule has 196 valence electrons. The Morgan fingerprint density at radius 1 is 1.05 bits per heavy atom. The lowest BCUT2D eigenvalue weighted by Gasteiger charge is -2.44. The second kappa shape index (κ2) is 10.5. The number of benzene rings is 1. The third kappa shape index (κ3) is 4.60. The summed E-state index contributed by atoms with van der Waals surface area (Å²) in [6.45, 7) is 2.81. The summed E-state index contributed by atoms with van der Waals surface area (Å²) in [5.74, 6) is 0.511. The van der Waals surface area contributed by atoms with Gasteiger partial charge in [-0.15, -0.1) is 0 Å². The van der Waals surface area contributed by atoms with E-state index in [9.17, 15) is 19.7 Å². The van der Waals surface area contributed by atoms with Gasteiger partial charge in [0.2, 0.25) is 0 Å². The van der Waals surface area contributed by atoms with E-state index in [2.05, 4.69) is 22.0 Å². The van der Waals surface area contributed by atoms with Gasteiger partial charge in [0.15, 0.2) is 0 Å². The zero-order valence-corrected chi connectivity index (χ0v) is 22.2. The maximum absolute atomic E-state index is 14.0. The Hall–Kier alpha value is -3.91. The summed E-state index contributed by atoms with van der Waals surface area (Å²) in [5, 5.41) is 19.4. The molecule has 0 bridgehead atoms. The largest absolute Gasteiger partial charge is 0.369 e. The molecular formula is C30H33FN6O. The molecule has 2 saturated carbocycles. The molecule has 0 spiro atoms. The summed E-state index contributed by atoms with van der Waals surface area (Å²) >= 11 is 0. The fourth-order valence-corrected chi connectivity index (χ4v) is 6.07. The van der Waals surface area contributed by atoms with E-state index < -0.39 is 0 Å². The maximum atomic E-state index is 14.0. The average molecular weight is 513 g/mol. The zero-order chi connectivity index (χ0) is 27.0. The summed E-state index contributed by atoms with van der Waals surface area (Å²) in [6.07, 6.45) is 7.48. The van der Waals surface area contributed by atoms with Crippen molar-refractivity contribution in [2.45, 2.75) is 64.0 Å². The van der Waals surface area contributed by atoms with E-state index in [-0.39, 0.29) is 28.7 Å². The molecular weight excluding hydrogens is 479 g/mol. The van der Waals surface area contributed by atoms with Crippen molar-refractivity contribution < 1.29 is 4.39 Å². The summed E-state index contributed by atoms with van der Waals surface area (Å²) in [7, 11) is 3.55. The van der Waals surface area contributed by atoms with Crippen LogP contribution in [0.4, 0.5) is 15.8 Å². The van der Waals surface area contributed by atoms with Crippen LogP contribution in [0.25, 0.3) is 11.0 Å². The van der Waals surface area contributed by atoms with Gasteiger partial charge in [0, 0.05) is 38.4 Å². The molecule has 0 amide bonds. The molecule has 2 aliphatic carbocycles. The number of hydrogen-bond donors (Lipinski definition) is 0. The van der Waals surface area contributed by atoms with Crippen LogP contribution in [0, 0.1) is 41.3 Å². The van der Waals surface area contributed by atoms with Gasteiger partial charge in [-0.05, 0) is 87.3 Å². The van der Waals surface area contributed by atoms with Gasteiger partial charge in [0.25, 0.3) is 5.56 Å². The molecule has 2 fully saturated rings. The van der Waals surface area contributed by atoms with Gasteiger partial charge in [-0.1, -0.05) is 6.42 Å². The molecule has 3 aromatic rings. The molecule has 2 aliphatic rings. The predicted octanol–water partition coefficient (Wildman–Crippen LogP) is 5.18. The van der Waals surface area contributed by atoms with Crippen LogP contribution >= 0.6 is 0 Å². The molecule has 7 nitrogen and oxygen atoms in total. The number of fused-ring (bicyclic) bond motifs is 1. The quantitative estimate of drug-likeness (QED) is 0.452. The van der Waals surface area contributed by atoms with E-state index in [1.165, 1.54) is 23.8 Å². The Balaban J connectivity index is 1.43. The van der Waals surface area contributed by atoms with Crippen LogP contribution in [-0.4, -0.2) is 35.2 Å². The van der Waals surface area contributed by atoms with Gasteiger partial charge < -0.3 is 14.4 Å². The Kier molecular flexibility index (Phi) is 7.08. The molecule has 2 aromatic heterocycles. The van der Waals surface area contributed by atoms with Gasteiger partial charge in [-0.3, -0.25) is 4.79 Å². The lowest BCUT2D eigenvalue weighted by Crippen LogP contribution is -2.46. The number of nitriles is 2. The van der Waals surface area contributed by atoms with E-state index in [0.717, 1.165) is 37.9 Å². The molecule has 0 saturated heterocycles. The van der Waals surface area contributed by atoms with Crippen LogP contribution in [0.3, 0.4) is 0 Å². The van der Waals surface area contributed by atoms with Crippen LogP contribution in [-0.2, 0) is 7.05 Å². The normalized spacial score (nSPS) is 19.4. The topological polar surface area (TPSA) is 89.0 Å². The molecule has 0 atom stereocenters. The van der Waals surface area contributed by atoms with Gasteiger partial charge in [-0.25, -0.2) is 9.37 Å². The van der Waals surface area contributed by atoms with E-state index in [1.807, 2.05) is 31.0 Å². The monoisotopic (exact) mass is 512 g/mol. The summed E-state index contributed by atoms with van der Waals surface area (Å²) < 4.78 is 15.5. The minimum absolute atomic E-state index is 0.0561.